The van der Waals surface area contributed by atoms with Crippen LogP contribution in [0.25, 0.3) is 0 Å². The van der Waals surface area contributed by atoms with E-state index in [-0.39, 0.29) is 5.78 Å². The summed E-state index contributed by atoms with van der Waals surface area (Å²) in [5, 5.41) is 3.23. The van der Waals surface area contributed by atoms with Gasteiger partial charge in [-0.05, 0) is 26.0 Å². The van der Waals surface area contributed by atoms with Crippen molar-refractivity contribution in [3.63, 3.8) is 0 Å². The van der Waals surface area contributed by atoms with Crippen molar-refractivity contribution in [2.45, 2.75) is 13.8 Å². The molecule has 0 saturated heterocycles. The topological polar surface area (TPSA) is 38.3 Å². The third-order valence-corrected chi connectivity index (χ3v) is 2.95. The molecule has 0 heterocycles. The van der Waals surface area contributed by atoms with Gasteiger partial charge in [0.05, 0.1) is 17.9 Å². The maximum absolute atomic E-state index is 12.6. The summed E-state index contributed by atoms with van der Waals surface area (Å²) >= 11 is 0. The molecule has 0 spiro atoms. The first-order chi connectivity index (χ1) is 9.77. The maximum atomic E-state index is 12.6. The fourth-order valence-corrected chi connectivity index (χ4v) is 2.09. The van der Waals surface area contributed by atoms with Crippen molar-refractivity contribution in [1.29, 1.82) is 0 Å². The van der Waals surface area contributed by atoms with Gasteiger partial charge in [0.25, 0.3) is 0 Å². The van der Waals surface area contributed by atoms with Gasteiger partial charge in [-0.1, -0.05) is 36.4 Å². The average Bonchev–Trinajstić information content (AvgIpc) is 2.49. The van der Waals surface area contributed by atoms with Crippen molar-refractivity contribution in [3.8, 4) is 5.75 Å². The second-order valence-corrected chi connectivity index (χ2v) is 4.34. The first-order valence-electron chi connectivity index (χ1n) is 6.87. The van der Waals surface area contributed by atoms with Crippen LogP contribution in [0.5, 0.6) is 5.75 Å². The number of ether oxygens (including phenoxy) is 1. The van der Waals surface area contributed by atoms with Gasteiger partial charge in [0, 0.05) is 12.1 Å². The fourth-order valence-electron chi connectivity index (χ4n) is 2.09. The molecule has 0 amide bonds. The Hall–Kier alpha value is -2.29. The molecule has 0 aliphatic carbocycles. The molecule has 2 rings (SSSR count). The van der Waals surface area contributed by atoms with E-state index in [1.807, 2.05) is 56.3 Å². The van der Waals surface area contributed by atoms with E-state index >= 15 is 0 Å². The van der Waals surface area contributed by atoms with E-state index in [9.17, 15) is 4.79 Å². The number of anilines is 1. The predicted molar refractivity (Wildman–Crippen MR) is 81.6 cm³/mol. The number of hydrogen-bond donors (Lipinski definition) is 1. The number of benzene rings is 2. The van der Waals surface area contributed by atoms with Crippen molar-refractivity contribution in [3.05, 3.63) is 59.7 Å². The van der Waals surface area contributed by atoms with Gasteiger partial charge in [0.1, 0.15) is 0 Å². The van der Waals surface area contributed by atoms with Crippen LogP contribution >= 0.6 is 0 Å². The number of carbonyl (C=O) groups excluding carboxylic acids is 1. The van der Waals surface area contributed by atoms with Gasteiger partial charge in [-0.25, -0.2) is 0 Å². The lowest BCUT2D eigenvalue weighted by molar-refractivity contribution is 0.103. The normalized spacial score (nSPS) is 10.1. The minimum absolute atomic E-state index is 0.0196. The number of ketones is 1. The lowest BCUT2D eigenvalue weighted by Crippen LogP contribution is -2.08. The summed E-state index contributed by atoms with van der Waals surface area (Å²) < 4.78 is 5.68. The summed E-state index contributed by atoms with van der Waals surface area (Å²) in [6.45, 7) is 5.24. The number of rotatable bonds is 6. The van der Waals surface area contributed by atoms with Crippen LogP contribution in [0.15, 0.2) is 48.5 Å². The van der Waals surface area contributed by atoms with Gasteiger partial charge in [-0.2, -0.15) is 0 Å². The van der Waals surface area contributed by atoms with Gasteiger partial charge in [-0.3, -0.25) is 4.79 Å². The van der Waals surface area contributed by atoms with Crippen molar-refractivity contribution < 1.29 is 9.53 Å². The Morgan fingerprint density at radius 1 is 1.05 bits per heavy atom. The summed E-state index contributed by atoms with van der Waals surface area (Å²) in [5.74, 6) is 0.611. The van der Waals surface area contributed by atoms with E-state index in [4.69, 9.17) is 4.74 Å². The first-order valence-corrected chi connectivity index (χ1v) is 6.87. The Labute approximate surface area is 119 Å². The van der Waals surface area contributed by atoms with Crippen molar-refractivity contribution >= 4 is 11.5 Å². The van der Waals surface area contributed by atoms with Crippen molar-refractivity contribution in [1.82, 2.24) is 0 Å². The summed E-state index contributed by atoms with van der Waals surface area (Å²) in [5.41, 5.74) is 2.12. The number of carbonyl (C=O) groups is 1. The zero-order valence-corrected chi connectivity index (χ0v) is 11.8. The molecule has 0 unspecified atom stereocenters. The Bertz CT molecular complexity index is 579. The summed E-state index contributed by atoms with van der Waals surface area (Å²) in [6, 6.07) is 14.9. The van der Waals surface area contributed by atoms with Gasteiger partial charge >= 0.3 is 0 Å². The molecule has 20 heavy (non-hydrogen) atoms. The molecule has 2 aromatic carbocycles. The molecule has 0 saturated carbocycles. The highest BCUT2D eigenvalue weighted by Crippen LogP contribution is 2.30. The molecule has 0 fully saturated rings. The smallest absolute Gasteiger partial charge is 0.196 e. The van der Waals surface area contributed by atoms with Gasteiger partial charge < -0.3 is 10.1 Å². The third kappa shape index (κ3) is 2.99. The molecule has 0 aliphatic rings. The summed E-state index contributed by atoms with van der Waals surface area (Å²) in [7, 11) is 0. The molecule has 1 N–H and O–H groups in total. The van der Waals surface area contributed by atoms with Gasteiger partial charge in [0.2, 0.25) is 0 Å². The molecular formula is C17H19NO2. The lowest BCUT2D eigenvalue weighted by atomic mass is 10.0. The molecule has 0 aromatic heterocycles. The second kappa shape index (κ2) is 6.75. The van der Waals surface area contributed by atoms with E-state index in [1.165, 1.54) is 0 Å². The zero-order valence-electron chi connectivity index (χ0n) is 11.8. The second-order valence-electron chi connectivity index (χ2n) is 4.34. The Morgan fingerprint density at radius 3 is 2.45 bits per heavy atom. The van der Waals surface area contributed by atoms with Crippen LogP contribution in [0.2, 0.25) is 0 Å². The minimum atomic E-state index is -0.0196. The fraction of sp³-hybridized carbons (Fsp3) is 0.235. The van der Waals surface area contributed by atoms with Gasteiger partial charge in [0.15, 0.2) is 11.5 Å². The molecule has 2 aromatic rings. The highest BCUT2D eigenvalue weighted by molar-refractivity contribution is 6.11. The zero-order chi connectivity index (χ0) is 14.4. The maximum Gasteiger partial charge on any atom is 0.196 e. The number of nitrogens with one attached hydrogen (secondary N) is 1. The highest BCUT2D eigenvalue weighted by atomic mass is 16.5. The Morgan fingerprint density at radius 2 is 1.80 bits per heavy atom. The van der Waals surface area contributed by atoms with Crippen LogP contribution in [0.3, 0.4) is 0 Å². The molecule has 104 valence electrons. The monoisotopic (exact) mass is 269 g/mol. The van der Waals surface area contributed by atoms with Crippen molar-refractivity contribution in [2.24, 2.45) is 0 Å². The predicted octanol–water partition coefficient (Wildman–Crippen LogP) is 3.75. The minimum Gasteiger partial charge on any atom is -0.491 e. The Kier molecular flexibility index (Phi) is 4.77. The van der Waals surface area contributed by atoms with Crippen LogP contribution in [-0.2, 0) is 0 Å². The number of para-hydroxylation sites is 1. The highest BCUT2D eigenvalue weighted by Gasteiger charge is 2.17. The van der Waals surface area contributed by atoms with Crippen molar-refractivity contribution in [2.75, 3.05) is 18.5 Å². The number of hydrogen-bond acceptors (Lipinski definition) is 3. The molecule has 0 radical (unpaired) electrons. The largest absolute Gasteiger partial charge is 0.491 e. The molecular weight excluding hydrogens is 250 g/mol. The average molecular weight is 269 g/mol. The molecule has 3 heteroatoms. The lowest BCUT2D eigenvalue weighted by Gasteiger charge is -2.15. The SMILES string of the molecule is CCNc1cccc(C(=O)c2ccccc2)c1OCC. The van der Waals surface area contributed by atoms with Crippen LogP contribution in [0, 0.1) is 0 Å². The third-order valence-electron chi connectivity index (χ3n) is 2.95. The van der Waals surface area contributed by atoms with Gasteiger partial charge in [-0.15, -0.1) is 0 Å². The molecule has 0 aliphatic heterocycles. The van der Waals surface area contributed by atoms with E-state index in [1.54, 1.807) is 6.07 Å². The van der Waals surface area contributed by atoms with E-state index in [0.29, 0.717) is 23.5 Å². The van der Waals surface area contributed by atoms with Crippen LogP contribution < -0.4 is 10.1 Å². The molecule has 0 atom stereocenters. The quantitative estimate of drug-likeness (QED) is 0.812. The van der Waals surface area contributed by atoms with E-state index < -0.39 is 0 Å². The molecule has 0 bridgehead atoms. The van der Waals surface area contributed by atoms with Crippen LogP contribution in [0.1, 0.15) is 29.8 Å². The van der Waals surface area contributed by atoms with Crippen LogP contribution in [-0.4, -0.2) is 18.9 Å². The van der Waals surface area contributed by atoms with E-state index in [2.05, 4.69) is 5.32 Å². The Balaban J connectivity index is 2.45. The molecule has 3 nitrogen and oxygen atoms in total. The van der Waals surface area contributed by atoms with E-state index in [0.717, 1.165) is 12.2 Å². The van der Waals surface area contributed by atoms with Crippen LogP contribution in [0.4, 0.5) is 5.69 Å². The summed E-state index contributed by atoms with van der Waals surface area (Å²) in [6.07, 6.45) is 0. The summed E-state index contributed by atoms with van der Waals surface area (Å²) in [4.78, 5) is 12.6. The first kappa shape index (κ1) is 14.1. The standard InChI is InChI=1S/C17H19NO2/c1-3-18-15-12-8-11-14(17(15)20-4-2)16(19)13-9-6-5-7-10-13/h5-12,18H,3-4H2,1-2H3.